The van der Waals surface area contributed by atoms with E-state index < -0.39 is 23.5 Å². The number of nitrogens with zero attached hydrogens (tertiary/aromatic N) is 1. The topological polar surface area (TPSA) is 34.0 Å². The van der Waals surface area contributed by atoms with Gasteiger partial charge in [-0.25, -0.2) is 4.39 Å². The van der Waals surface area contributed by atoms with Gasteiger partial charge in [0, 0.05) is 24.2 Å². The first-order chi connectivity index (χ1) is 15.1. The van der Waals surface area contributed by atoms with Gasteiger partial charge in [-0.05, 0) is 72.9 Å². The van der Waals surface area contributed by atoms with Gasteiger partial charge in [0.15, 0.2) is 0 Å². The second-order valence-corrected chi connectivity index (χ2v) is 9.59. The number of carbonyl (C=O) groups excluding carboxylic acids is 1. The molecule has 0 unspecified atom stereocenters. The molecule has 1 N–H and O–H groups in total. The molecule has 32 heavy (non-hydrogen) atoms. The Hall–Kier alpha value is -2.83. The van der Waals surface area contributed by atoms with Crippen molar-refractivity contribution >= 4 is 16.8 Å². The third-order valence-corrected chi connectivity index (χ3v) is 7.00. The fourth-order valence-corrected chi connectivity index (χ4v) is 5.71. The molecule has 0 saturated heterocycles. The summed E-state index contributed by atoms with van der Waals surface area (Å²) in [5, 5.41) is 3.70. The lowest BCUT2D eigenvalue weighted by atomic mass is 9.50. The first-order valence-electron chi connectivity index (χ1n) is 10.9. The van der Waals surface area contributed by atoms with E-state index in [9.17, 15) is 22.4 Å². The average molecular weight is 444 g/mol. The van der Waals surface area contributed by atoms with Crippen LogP contribution in [-0.2, 0) is 12.7 Å². The molecule has 1 spiro atoms. The molecule has 168 valence electrons. The molecule has 3 nitrogen and oxygen atoms in total. The first kappa shape index (κ1) is 21.0. The molecular weight excluding hydrogens is 420 g/mol. The Labute approximate surface area is 183 Å². The number of nitrogens with one attached hydrogen (secondary N) is 1. The van der Waals surface area contributed by atoms with E-state index in [1.165, 1.54) is 31.0 Å². The Balaban J connectivity index is 1.38. The van der Waals surface area contributed by atoms with Gasteiger partial charge in [-0.1, -0.05) is 19.1 Å². The van der Waals surface area contributed by atoms with Gasteiger partial charge >= 0.3 is 6.18 Å². The molecule has 2 fully saturated rings. The summed E-state index contributed by atoms with van der Waals surface area (Å²) < 4.78 is 55.0. The number of amides is 1. The molecule has 0 radical (unpaired) electrons. The van der Waals surface area contributed by atoms with Gasteiger partial charge in [0.25, 0.3) is 5.91 Å². The van der Waals surface area contributed by atoms with Crippen LogP contribution in [0.25, 0.3) is 10.9 Å². The molecule has 1 aromatic heterocycles. The zero-order chi connectivity index (χ0) is 22.7. The SMILES string of the molecule is CC1CC2(C1)CC(NC(=O)c1c(F)ccc3ccn(Cc4ccc(C(F)(F)F)cc4)c13)C2. The zero-order valence-corrected chi connectivity index (χ0v) is 17.7. The number of rotatable bonds is 4. The largest absolute Gasteiger partial charge is 0.416 e. The molecule has 5 rings (SSSR count). The summed E-state index contributed by atoms with van der Waals surface area (Å²) in [5.41, 5.74) is 0.719. The molecule has 3 aromatic rings. The van der Waals surface area contributed by atoms with Gasteiger partial charge in [0.1, 0.15) is 5.82 Å². The standard InChI is InChI=1S/C25H24F4N2O/c1-15-10-24(11-15)12-19(13-24)30-23(32)21-20(26)7-4-17-8-9-31(22(17)21)14-16-2-5-18(6-3-16)25(27,28)29/h2-9,15,19H,10-14H2,1H3,(H,30,32). The van der Waals surface area contributed by atoms with E-state index in [0.717, 1.165) is 30.9 Å². The molecular formula is C25H24F4N2O. The van der Waals surface area contributed by atoms with Crippen molar-refractivity contribution in [3.05, 3.63) is 71.2 Å². The predicted octanol–water partition coefficient (Wildman–Crippen LogP) is 6.16. The number of alkyl halides is 3. The number of hydrogen-bond acceptors (Lipinski definition) is 1. The third kappa shape index (κ3) is 3.67. The quantitative estimate of drug-likeness (QED) is 0.481. The third-order valence-electron chi connectivity index (χ3n) is 7.00. The Morgan fingerprint density at radius 3 is 2.38 bits per heavy atom. The van der Waals surface area contributed by atoms with E-state index in [1.807, 2.05) is 0 Å². The summed E-state index contributed by atoms with van der Waals surface area (Å²) in [6, 6.07) is 9.61. The van der Waals surface area contributed by atoms with Gasteiger partial charge < -0.3 is 9.88 Å². The molecule has 2 aromatic carbocycles. The van der Waals surface area contributed by atoms with Crippen molar-refractivity contribution in [2.75, 3.05) is 0 Å². The van der Waals surface area contributed by atoms with Gasteiger partial charge in [0.05, 0.1) is 16.6 Å². The molecule has 2 aliphatic carbocycles. The minimum Gasteiger partial charge on any atom is -0.349 e. The van der Waals surface area contributed by atoms with E-state index >= 15 is 0 Å². The number of aromatic nitrogens is 1. The summed E-state index contributed by atoms with van der Waals surface area (Å²) in [6.07, 6.45) is 1.59. The van der Waals surface area contributed by atoms with Crippen LogP contribution in [0.2, 0.25) is 0 Å². The monoisotopic (exact) mass is 444 g/mol. The lowest BCUT2D eigenvalue weighted by Gasteiger charge is -2.57. The van der Waals surface area contributed by atoms with Gasteiger partial charge in [-0.2, -0.15) is 13.2 Å². The molecule has 2 aliphatic rings. The van der Waals surface area contributed by atoms with Crippen molar-refractivity contribution < 1.29 is 22.4 Å². The molecule has 1 amide bonds. The number of carbonyl (C=O) groups is 1. The maximum absolute atomic E-state index is 14.8. The Bertz CT molecular complexity index is 1170. The van der Waals surface area contributed by atoms with Crippen molar-refractivity contribution in [1.29, 1.82) is 0 Å². The predicted molar refractivity (Wildman–Crippen MR) is 114 cm³/mol. The van der Waals surface area contributed by atoms with Crippen LogP contribution in [0.15, 0.2) is 48.7 Å². The van der Waals surface area contributed by atoms with Gasteiger partial charge in [-0.3, -0.25) is 4.79 Å². The van der Waals surface area contributed by atoms with Crippen LogP contribution < -0.4 is 5.32 Å². The highest BCUT2D eigenvalue weighted by atomic mass is 19.4. The average Bonchev–Trinajstić information content (AvgIpc) is 3.07. The Morgan fingerprint density at radius 2 is 1.75 bits per heavy atom. The maximum atomic E-state index is 14.8. The smallest absolute Gasteiger partial charge is 0.349 e. The fourth-order valence-electron chi connectivity index (χ4n) is 5.71. The van der Waals surface area contributed by atoms with Crippen LogP contribution in [0.4, 0.5) is 17.6 Å². The molecule has 0 atom stereocenters. The van der Waals surface area contributed by atoms with Crippen LogP contribution in [0.5, 0.6) is 0 Å². The summed E-state index contributed by atoms with van der Waals surface area (Å²) in [5.74, 6) is -0.298. The highest BCUT2D eigenvalue weighted by Gasteiger charge is 2.51. The van der Waals surface area contributed by atoms with Crippen LogP contribution >= 0.6 is 0 Å². The summed E-state index contributed by atoms with van der Waals surface area (Å²) in [6.45, 7) is 2.47. The first-order valence-corrected chi connectivity index (χ1v) is 10.9. The highest BCUT2D eigenvalue weighted by molar-refractivity contribution is 6.06. The second-order valence-electron chi connectivity index (χ2n) is 9.59. The summed E-state index contributed by atoms with van der Waals surface area (Å²) in [4.78, 5) is 13.0. The maximum Gasteiger partial charge on any atom is 0.416 e. The number of fused-ring (bicyclic) bond motifs is 1. The molecule has 1 heterocycles. The van der Waals surface area contributed by atoms with Crippen molar-refractivity contribution in [2.45, 2.75) is 51.4 Å². The van der Waals surface area contributed by atoms with E-state index in [1.54, 1.807) is 22.9 Å². The van der Waals surface area contributed by atoms with Gasteiger partial charge in [-0.15, -0.1) is 0 Å². The van der Waals surface area contributed by atoms with Crippen LogP contribution in [-0.4, -0.2) is 16.5 Å². The van der Waals surface area contributed by atoms with E-state index in [2.05, 4.69) is 12.2 Å². The molecule has 2 saturated carbocycles. The van der Waals surface area contributed by atoms with E-state index in [4.69, 9.17) is 0 Å². The number of benzene rings is 2. The van der Waals surface area contributed by atoms with Crippen LogP contribution in [0, 0.1) is 17.2 Å². The van der Waals surface area contributed by atoms with Crippen LogP contribution in [0.3, 0.4) is 0 Å². The second kappa shape index (κ2) is 7.36. The molecule has 7 heteroatoms. The zero-order valence-electron chi connectivity index (χ0n) is 17.7. The lowest BCUT2D eigenvalue weighted by molar-refractivity contribution is -0.137. The Morgan fingerprint density at radius 1 is 1.06 bits per heavy atom. The van der Waals surface area contributed by atoms with Gasteiger partial charge in [0.2, 0.25) is 0 Å². The minimum absolute atomic E-state index is 0.0117. The van der Waals surface area contributed by atoms with E-state index in [0.29, 0.717) is 21.9 Å². The van der Waals surface area contributed by atoms with Crippen molar-refractivity contribution in [3.63, 3.8) is 0 Å². The normalized spacial score (nSPS) is 24.9. The molecule has 0 bridgehead atoms. The fraction of sp³-hybridized carbons (Fsp3) is 0.400. The van der Waals surface area contributed by atoms with Crippen molar-refractivity contribution in [1.82, 2.24) is 9.88 Å². The van der Waals surface area contributed by atoms with Crippen molar-refractivity contribution in [3.8, 4) is 0 Å². The molecule has 0 aliphatic heterocycles. The van der Waals surface area contributed by atoms with Crippen LogP contribution in [0.1, 0.15) is 54.1 Å². The minimum atomic E-state index is -4.40. The Kier molecular flexibility index (Phi) is 4.84. The van der Waals surface area contributed by atoms with Crippen molar-refractivity contribution in [2.24, 2.45) is 11.3 Å². The summed E-state index contributed by atoms with van der Waals surface area (Å²) >= 11 is 0. The van der Waals surface area contributed by atoms with E-state index in [-0.39, 0.29) is 18.2 Å². The lowest BCUT2D eigenvalue weighted by Crippen LogP contribution is -2.55. The number of halogens is 4. The summed E-state index contributed by atoms with van der Waals surface area (Å²) in [7, 11) is 0. The number of hydrogen-bond donors (Lipinski definition) is 1. The highest BCUT2D eigenvalue weighted by Crippen LogP contribution is 2.58.